The molecule has 0 bridgehead atoms. The molecule has 0 saturated heterocycles. The quantitative estimate of drug-likeness (QED) is 0.659. The summed E-state index contributed by atoms with van der Waals surface area (Å²) in [5.41, 5.74) is 6.30. The Labute approximate surface area is 124 Å². The van der Waals surface area contributed by atoms with Crippen LogP contribution < -0.4 is 10.6 Å². The van der Waals surface area contributed by atoms with Crippen molar-refractivity contribution >= 4 is 46.3 Å². The number of thioether (sulfide) groups is 1. The van der Waals surface area contributed by atoms with Crippen molar-refractivity contribution in [1.29, 1.82) is 0 Å². The van der Waals surface area contributed by atoms with Gasteiger partial charge in [-0.05, 0) is 0 Å². The van der Waals surface area contributed by atoms with Gasteiger partial charge in [0.05, 0.1) is 7.11 Å². The van der Waals surface area contributed by atoms with Crippen molar-refractivity contribution in [3.8, 4) is 0 Å². The number of esters is 1. The van der Waals surface area contributed by atoms with Crippen molar-refractivity contribution in [2.75, 3.05) is 17.8 Å². The van der Waals surface area contributed by atoms with Gasteiger partial charge in [-0.3, -0.25) is 10.5 Å². The summed E-state index contributed by atoms with van der Waals surface area (Å²) in [7, 11) is 1.28. The number of carbonyl (C=O) groups excluding carboxylic acids is 2. The van der Waals surface area contributed by atoms with Gasteiger partial charge in [0.2, 0.25) is 11.0 Å². The minimum absolute atomic E-state index is 0.150. The summed E-state index contributed by atoms with van der Waals surface area (Å²) in [4.78, 5) is 33.2. The highest BCUT2D eigenvalue weighted by atomic mass is 32.2. The van der Waals surface area contributed by atoms with Gasteiger partial charge in [0, 0.05) is 23.8 Å². The van der Waals surface area contributed by atoms with Gasteiger partial charge in [-0.15, -0.1) is 11.3 Å². The summed E-state index contributed by atoms with van der Waals surface area (Å²) in [5, 5.41) is 0.675. The molecule has 9 heteroatoms. The van der Waals surface area contributed by atoms with Gasteiger partial charge in [0.1, 0.15) is 0 Å². The summed E-state index contributed by atoms with van der Waals surface area (Å²) >= 11 is 2.48. The smallest absolute Gasteiger partial charge is 0.357 e. The topological polar surface area (TPSA) is 97.9 Å². The van der Waals surface area contributed by atoms with E-state index in [9.17, 15) is 9.59 Å². The SMILES string of the molecule is CCC(=O)N(c1nc(C(=O)OC)cs1)[C@]1(N)N=CCS1. The lowest BCUT2D eigenvalue weighted by Gasteiger charge is -2.32. The highest BCUT2D eigenvalue weighted by molar-refractivity contribution is 8.01. The summed E-state index contributed by atoms with van der Waals surface area (Å²) in [6.07, 6.45) is 1.93. The van der Waals surface area contributed by atoms with Crippen LogP contribution in [0.3, 0.4) is 0 Å². The second-order valence-corrected chi connectivity index (χ2v) is 5.93. The van der Waals surface area contributed by atoms with Gasteiger partial charge >= 0.3 is 5.97 Å². The zero-order chi connectivity index (χ0) is 14.8. The van der Waals surface area contributed by atoms with E-state index in [2.05, 4.69) is 14.7 Å². The van der Waals surface area contributed by atoms with Crippen LogP contribution in [0.15, 0.2) is 10.4 Å². The van der Waals surface area contributed by atoms with Crippen LogP contribution in [-0.2, 0) is 9.53 Å². The molecule has 0 saturated carbocycles. The van der Waals surface area contributed by atoms with E-state index in [1.54, 1.807) is 13.1 Å². The van der Waals surface area contributed by atoms with Crippen molar-refractivity contribution < 1.29 is 14.3 Å². The van der Waals surface area contributed by atoms with Crippen molar-refractivity contribution in [2.24, 2.45) is 10.7 Å². The van der Waals surface area contributed by atoms with Gasteiger partial charge in [-0.2, -0.15) is 0 Å². The number of amides is 1. The lowest BCUT2D eigenvalue weighted by atomic mass is 10.4. The first-order chi connectivity index (χ1) is 9.51. The Morgan fingerprint density at radius 2 is 2.35 bits per heavy atom. The number of nitrogens with two attached hydrogens (primary N) is 1. The molecule has 0 aromatic carbocycles. The van der Waals surface area contributed by atoms with Crippen molar-refractivity contribution in [2.45, 2.75) is 18.5 Å². The Morgan fingerprint density at radius 1 is 1.60 bits per heavy atom. The Hall–Kier alpha value is -1.45. The van der Waals surface area contributed by atoms with Gasteiger partial charge in [-0.25, -0.2) is 19.7 Å². The maximum absolute atomic E-state index is 12.2. The van der Waals surface area contributed by atoms with Gasteiger partial charge < -0.3 is 4.74 Å². The van der Waals surface area contributed by atoms with Crippen molar-refractivity contribution in [3.63, 3.8) is 0 Å². The predicted octanol–water partition coefficient (Wildman–Crippen LogP) is 1.06. The third-order valence-corrected chi connectivity index (χ3v) is 4.45. The number of carbonyl (C=O) groups is 2. The fourth-order valence-corrected chi connectivity index (χ4v) is 3.42. The molecule has 0 unspecified atom stereocenters. The number of aliphatic imine (C=N–C) groups is 1. The molecule has 1 aromatic heterocycles. The van der Waals surface area contributed by atoms with E-state index in [1.807, 2.05) is 0 Å². The van der Waals surface area contributed by atoms with Crippen LogP contribution >= 0.6 is 23.1 Å². The molecule has 2 heterocycles. The first-order valence-electron chi connectivity index (χ1n) is 5.85. The molecule has 2 N–H and O–H groups in total. The summed E-state index contributed by atoms with van der Waals surface area (Å²) in [6.45, 7) is 1.73. The minimum Gasteiger partial charge on any atom is -0.464 e. The number of rotatable bonds is 4. The molecular weight excluding hydrogens is 300 g/mol. The van der Waals surface area contributed by atoms with Crippen LogP contribution in [0, 0.1) is 0 Å². The number of aromatic nitrogens is 1. The maximum Gasteiger partial charge on any atom is 0.357 e. The minimum atomic E-state index is -1.20. The first kappa shape index (κ1) is 14.9. The Balaban J connectivity index is 2.37. The first-order valence-corrected chi connectivity index (χ1v) is 7.71. The van der Waals surface area contributed by atoms with E-state index in [-0.39, 0.29) is 18.0 Å². The third-order valence-electron chi connectivity index (χ3n) is 2.60. The molecule has 1 aliphatic heterocycles. The highest BCUT2D eigenvalue weighted by Crippen LogP contribution is 2.35. The molecule has 1 amide bonds. The number of hydrogen-bond acceptors (Lipinski definition) is 8. The van der Waals surface area contributed by atoms with Crippen molar-refractivity contribution in [1.82, 2.24) is 4.98 Å². The highest BCUT2D eigenvalue weighted by Gasteiger charge is 2.40. The van der Waals surface area contributed by atoms with Crippen LogP contribution in [0.25, 0.3) is 0 Å². The van der Waals surface area contributed by atoms with Gasteiger partial charge in [0.15, 0.2) is 10.8 Å². The van der Waals surface area contributed by atoms with E-state index in [0.717, 1.165) is 11.3 Å². The van der Waals surface area contributed by atoms with E-state index < -0.39 is 11.1 Å². The lowest BCUT2D eigenvalue weighted by molar-refractivity contribution is -0.118. The normalized spacial score (nSPS) is 20.9. The number of methoxy groups -OCH3 is 1. The molecule has 7 nitrogen and oxygen atoms in total. The maximum atomic E-state index is 12.2. The number of nitrogens with zero attached hydrogens (tertiary/aromatic N) is 3. The second-order valence-electron chi connectivity index (χ2n) is 3.87. The number of ether oxygens (including phenoxy) is 1. The number of thiazole rings is 1. The second kappa shape index (κ2) is 5.90. The van der Waals surface area contributed by atoms with Crippen molar-refractivity contribution in [3.05, 3.63) is 11.1 Å². The Morgan fingerprint density at radius 3 is 2.90 bits per heavy atom. The van der Waals surface area contributed by atoms with Crippen LogP contribution in [0.1, 0.15) is 23.8 Å². The lowest BCUT2D eigenvalue weighted by Crippen LogP contribution is -2.54. The molecule has 1 aromatic rings. The van der Waals surface area contributed by atoms with E-state index in [0.29, 0.717) is 10.9 Å². The fraction of sp³-hybridized carbons (Fsp3) is 0.455. The standard InChI is InChI=1S/C11H14N4O3S2/c1-3-8(16)15(11(12)13-4-5-20-11)10-14-7(6-19-10)9(17)18-2/h4,6H,3,5,12H2,1-2H3/t11-/m0/s1. The average molecular weight is 314 g/mol. The summed E-state index contributed by atoms with van der Waals surface area (Å²) in [5.74, 6) is -0.131. The summed E-state index contributed by atoms with van der Waals surface area (Å²) in [6, 6.07) is 0. The number of anilines is 1. The molecule has 0 radical (unpaired) electrons. The van der Waals surface area contributed by atoms with Gasteiger partial charge in [-0.1, -0.05) is 18.7 Å². The van der Waals surface area contributed by atoms with E-state index in [4.69, 9.17) is 5.73 Å². The molecule has 108 valence electrons. The molecule has 2 rings (SSSR count). The fourth-order valence-electron chi connectivity index (χ4n) is 1.63. The van der Waals surface area contributed by atoms with Crippen LogP contribution in [-0.4, -0.2) is 41.1 Å². The molecular formula is C11H14N4O3S2. The monoisotopic (exact) mass is 314 g/mol. The molecule has 0 aliphatic carbocycles. The third kappa shape index (κ3) is 2.69. The zero-order valence-corrected chi connectivity index (χ0v) is 12.7. The number of hydrogen-bond donors (Lipinski definition) is 1. The largest absolute Gasteiger partial charge is 0.464 e. The molecule has 1 aliphatic rings. The van der Waals surface area contributed by atoms with Crippen LogP contribution in [0.4, 0.5) is 5.13 Å². The molecule has 0 fully saturated rings. The van der Waals surface area contributed by atoms with E-state index in [1.165, 1.54) is 29.2 Å². The Bertz CT molecular complexity index is 560. The zero-order valence-electron chi connectivity index (χ0n) is 11.0. The van der Waals surface area contributed by atoms with E-state index >= 15 is 0 Å². The van der Waals surface area contributed by atoms with Gasteiger partial charge in [0.25, 0.3) is 0 Å². The molecule has 0 spiro atoms. The Kier molecular flexibility index (Phi) is 4.41. The van der Waals surface area contributed by atoms with Crippen LogP contribution in [0.2, 0.25) is 0 Å². The predicted molar refractivity (Wildman–Crippen MR) is 79.1 cm³/mol. The van der Waals surface area contributed by atoms with Crippen LogP contribution in [0.5, 0.6) is 0 Å². The molecule has 1 atom stereocenters. The average Bonchev–Trinajstić information content (AvgIpc) is 3.08. The molecule has 20 heavy (non-hydrogen) atoms. The summed E-state index contributed by atoms with van der Waals surface area (Å²) < 4.78 is 4.60.